The Labute approximate surface area is 141 Å². The summed E-state index contributed by atoms with van der Waals surface area (Å²) in [5, 5.41) is 0. The van der Waals surface area contributed by atoms with E-state index in [4.69, 9.17) is 0 Å². The van der Waals surface area contributed by atoms with Gasteiger partial charge in [-0.2, -0.15) is 0 Å². The van der Waals surface area contributed by atoms with Crippen molar-refractivity contribution in [3.8, 4) is 0 Å². The first-order valence-electron chi connectivity index (χ1n) is 8.33. The van der Waals surface area contributed by atoms with E-state index >= 15 is 0 Å². The number of nitrogens with zero attached hydrogens (tertiary/aromatic N) is 1. The molecule has 2 aromatic rings. The van der Waals surface area contributed by atoms with Crippen LogP contribution >= 0.6 is 15.9 Å². The lowest BCUT2D eigenvalue weighted by Gasteiger charge is -2.42. The predicted molar refractivity (Wildman–Crippen MR) is 94.9 cm³/mol. The van der Waals surface area contributed by atoms with Crippen LogP contribution in [0.2, 0.25) is 0 Å². The lowest BCUT2D eigenvalue weighted by molar-refractivity contribution is 0.0938. The summed E-state index contributed by atoms with van der Waals surface area (Å²) in [7, 11) is 0. The van der Waals surface area contributed by atoms with Gasteiger partial charge in [0, 0.05) is 23.6 Å². The van der Waals surface area contributed by atoms with Crippen LogP contribution in [-0.2, 0) is 19.4 Å². The van der Waals surface area contributed by atoms with E-state index in [0.717, 1.165) is 12.5 Å². The highest BCUT2D eigenvalue weighted by Gasteiger charge is 2.31. The fourth-order valence-corrected chi connectivity index (χ4v) is 4.61. The van der Waals surface area contributed by atoms with Gasteiger partial charge in [0.1, 0.15) is 0 Å². The third-order valence-corrected chi connectivity index (χ3v) is 5.77. The van der Waals surface area contributed by atoms with Crippen molar-refractivity contribution in [2.45, 2.75) is 38.3 Å². The van der Waals surface area contributed by atoms with Gasteiger partial charge in [0.05, 0.1) is 0 Å². The fourth-order valence-electron chi connectivity index (χ4n) is 4.16. The van der Waals surface area contributed by atoms with E-state index in [0.29, 0.717) is 6.04 Å². The summed E-state index contributed by atoms with van der Waals surface area (Å²) in [6.07, 6.45) is 5.23. The zero-order chi connectivity index (χ0) is 14.9. The average molecular weight is 356 g/mol. The molecule has 2 atom stereocenters. The van der Waals surface area contributed by atoms with Crippen LogP contribution in [-0.4, -0.2) is 17.5 Å². The maximum Gasteiger partial charge on any atom is 0.0237 e. The summed E-state index contributed by atoms with van der Waals surface area (Å²) in [4.78, 5) is 2.73. The molecule has 22 heavy (non-hydrogen) atoms. The Morgan fingerprint density at radius 3 is 2.59 bits per heavy atom. The summed E-state index contributed by atoms with van der Waals surface area (Å²) in [6.45, 7) is 2.34. The van der Waals surface area contributed by atoms with Gasteiger partial charge in [0.15, 0.2) is 0 Å². The molecular weight excluding hydrogens is 334 g/mol. The number of rotatable bonds is 2. The maximum absolute atomic E-state index is 3.60. The number of halogens is 1. The number of piperidine rings is 1. The molecule has 5 rings (SSSR count). The van der Waals surface area contributed by atoms with E-state index < -0.39 is 0 Å². The van der Waals surface area contributed by atoms with Gasteiger partial charge in [-0.15, -0.1) is 0 Å². The topological polar surface area (TPSA) is 3.24 Å². The summed E-state index contributed by atoms with van der Waals surface area (Å²) in [6, 6.07) is 18.6. The monoisotopic (exact) mass is 355 g/mol. The van der Waals surface area contributed by atoms with Crippen LogP contribution in [0.3, 0.4) is 0 Å². The Kier molecular flexibility index (Phi) is 4.06. The van der Waals surface area contributed by atoms with Gasteiger partial charge < -0.3 is 0 Å². The van der Waals surface area contributed by atoms with Crippen LogP contribution in [0.25, 0.3) is 0 Å². The molecule has 0 radical (unpaired) electrons. The Hall–Kier alpha value is -1.12. The van der Waals surface area contributed by atoms with E-state index in [1.807, 2.05) is 0 Å². The molecule has 0 unspecified atom stereocenters. The second-order valence-electron chi connectivity index (χ2n) is 6.83. The number of hydrogen-bond donors (Lipinski definition) is 0. The molecule has 1 fully saturated rings. The van der Waals surface area contributed by atoms with E-state index in [-0.39, 0.29) is 0 Å². The Bertz CT molecular complexity index is 666. The summed E-state index contributed by atoms with van der Waals surface area (Å²) in [5.41, 5.74) is 4.60. The van der Waals surface area contributed by atoms with Crippen molar-refractivity contribution >= 4 is 15.9 Å². The van der Waals surface area contributed by atoms with Crippen molar-refractivity contribution in [3.05, 3.63) is 69.7 Å². The smallest absolute Gasteiger partial charge is 0.0237 e. The highest BCUT2D eigenvalue weighted by molar-refractivity contribution is 9.10. The minimum atomic E-state index is 0.705. The van der Waals surface area contributed by atoms with E-state index in [1.165, 1.54) is 42.3 Å². The van der Waals surface area contributed by atoms with Gasteiger partial charge in [-0.1, -0.05) is 52.3 Å². The van der Waals surface area contributed by atoms with Gasteiger partial charge in [-0.05, 0) is 60.4 Å². The Balaban J connectivity index is 1.58. The number of fused-ring (bicyclic) bond motifs is 2. The fraction of sp³-hybridized carbons (Fsp3) is 0.400. The first-order valence-corrected chi connectivity index (χ1v) is 9.12. The summed E-state index contributed by atoms with van der Waals surface area (Å²) in [5.74, 6) is 0.824. The second kappa shape index (κ2) is 6.17. The molecule has 3 aliphatic rings. The van der Waals surface area contributed by atoms with E-state index in [1.54, 1.807) is 11.1 Å². The largest absolute Gasteiger partial charge is 0.296 e. The quantitative estimate of drug-likeness (QED) is 0.745. The molecule has 2 aromatic carbocycles. The summed E-state index contributed by atoms with van der Waals surface area (Å²) < 4.78 is 1.19. The number of benzene rings is 2. The molecule has 2 heteroatoms. The van der Waals surface area contributed by atoms with Gasteiger partial charge in [-0.3, -0.25) is 4.90 Å². The van der Waals surface area contributed by atoms with Gasteiger partial charge in [-0.25, -0.2) is 0 Å². The second-order valence-corrected chi connectivity index (χ2v) is 7.75. The zero-order valence-electron chi connectivity index (χ0n) is 12.8. The first kappa shape index (κ1) is 14.5. The van der Waals surface area contributed by atoms with E-state index in [2.05, 4.69) is 69.4 Å². The van der Waals surface area contributed by atoms with Gasteiger partial charge >= 0.3 is 0 Å². The van der Waals surface area contributed by atoms with Crippen LogP contribution in [0, 0.1) is 5.92 Å². The minimum Gasteiger partial charge on any atom is -0.296 e. The molecular formula is C20H22BrN. The molecule has 0 saturated carbocycles. The lowest BCUT2D eigenvalue weighted by atomic mass is 9.80. The zero-order valence-corrected chi connectivity index (χ0v) is 14.4. The highest BCUT2D eigenvalue weighted by Crippen LogP contribution is 2.33. The molecule has 2 bridgehead atoms. The standard InChI is InChI=1S/C20H22BrN/c21-19-7-3-4-15(11-19)13-22-14-16-8-9-20(22)12-18-6-2-1-5-17(18)10-16/h1-7,11,16,20H,8-10,12-14H2/t16-,20-/m1/s1. The number of hydrogen-bond acceptors (Lipinski definition) is 1. The molecule has 1 aliphatic carbocycles. The van der Waals surface area contributed by atoms with Crippen molar-refractivity contribution in [1.29, 1.82) is 0 Å². The maximum atomic E-state index is 3.60. The third kappa shape index (κ3) is 3.00. The molecule has 0 N–H and O–H groups in total. The summed E-state index contributed by atoms with van der Waals surface area (Å²) >= 11 is 3.60. The molecule has 0 aromatic heterocycles. The highest BCUT2D eigenvalue weighted by atomic mass is 79.9. The van der Waals surface area contributed by atoms with Gasteiger partial charge in [0.2, 0.25) is 0 Å². The predicted octanol–water partition coefficient (Wildman–Crippen LogP) is 4.83. The van der Waals surface area contributed by atoms with Crippen molar-refractivity contribution in [1.82, 2.24) is 4.90 Å². The van der Waals surface area contributed by atoms with Crippen LogP contribution in [0.1, 0.15) is 29.5 Å². The van der Waals surface area contributed by atoms with Crippen LogP contribution in [0.4, 0.5) is 0 Å². The Morgan fingerprint density at radius 1 is 0.955 bits per heavy atom. The van der Waals surface area contributed by atoms with Crippen molar-refractivity contribution in [2.24, 2.45) is 5.92 Å². The van der Waals surface area contributed by atoms with Crippen molar-refractivity contribution in [2.75, 3.05) is 6.54 Å². The molecule has 1 saturated heterocycles. The van der Waals surface area contributed by atoms with Crippen LogP contribution in [0.5, 0.6) is 0 Å². The van der Waals surface area contributed by atoms with Crippen molar-refractivity contribution < 1.29 is 0 Å². The lowest BCUT2D eigenvalue weighted by Crippen LogP contribution is -2.46. The first-order chi connectivity index (χ1) is 10.8. The molecule has 0 amide bonds. The molecule has 1 nitrogen and oxygen atoms in total. The van der Waals surface area contributed by atoms with Crippen molar-refractivity contribution in [3.63, 3.8) is 0 Å². The van der Waals surface area contributed by atoms with Crippen LogP contribution in [0.15, 0.2) is 53.0 Å². The van der Waals surface area contributed by atoms with E-state index in [9.17, 15) is 0 Å². The molecule has 2 heterocycles. The normalized spacial score (nSPS) is 24.6. The third-order valence-electron chi connectivity index (χ3n) is 5.27. The minimum absolute atomic E-state index is 0.705. The van der Waals surface area contributed by atoms with Gasteiger partial charge in [0.25, 0.3) is 0 Å². The van der Waals surface area contributed by atoms with Crippen LogP contribution < -0.4 is 0 Å². The average Bonchev–Trinajstić information content (AvgIpc) is 2.48. The Morgan fingerprint density at radius 2 is 1.77 bits per heavy atom. The molecule has 0 spiro atoms. The molecule has 2 aliphatic heterocycles. The SMILES string of the molecule is Brc1cccc(CN2C[C@@H]3CC[C@@H]2Cc2ccccc2C3)c1. The molecule has 114 valence electrons.